The Balaban J connectivity index is 3.76. The van der Waals surface area contributed by atoms with Crippen LogP contribution < -0.4 is 10.4 Å². The Morgan fingerprint density at radius 3 is 2.09 bits per heavy atom. The predicted octanol–water partition coefficient (Wildman–Crippen LogP) is -1.26. The first kappa shape index (κ1) is 11.3. The molecule has 0 fully saturated rings. The quantitative estimate of drug-likeness (QED) is 0.385. The topological polar surface area (TPSA) is 64.5 Å². The number of hydrogen-bond acceptors (Lipinski definition) is 4. The number of nitrogens with one attached hydrogen (secondary N) is 2. The monoisotopic (exact) mass is 180 g/mol. The van der Waals surface area contributed by atoms with Crippen LogP contribution in [0.1, 0.15) is 0 Å². The minimum absolute atomic E-state index is 0.0409. The lowest BCUT2D eigenvalue weighted by Crippen LogP contribution is -2.48. The van der Waals surface area contributed by atoms with Gasteiger partial charge in [-0.1, -0.05) is 8.73 Å². The molecule has 0 radical (unpaired) electrons. The van der Waals surface area contributed by atoms with Gasteiger partial charge in [-0.25, -0.2) is 0 Å². The Labute approximate surface area is 69.2 Å². The maximum atomic E-state index is 8.88. The molecular weight excluding hydrogens is 163 g/mol. The molecule has 3 unspecified atom stereocenters. The molecule has 0 aliphatic heterocycles. The summed E-state index contributed by atoms with van der Waals surface area (Å²) in [6, 6.07) is -0.110. The van der Waals surface area contributed by atoms with Crippen LogP contribution in [0.3, 0.4) is 0 Å². The summed E-state index contributed by atoms with van der Waals surface area (Å²) in [5, 5.41) is 23.7. The number of aliphatic hydroxyl groups excluding tert-OH is 2. The van der Waals surface area contributed by atoms with Gasteiger partial charge in [0.2, 0.25) is 0 Å². The molecule has 0 bridgehead atoms. The van der Waals surface area contributed by atoms with Gasteiger partial charge in [-0.3, -0.25) is 5.09 Å². The molecular formula is C6H17N2O2P. The van der Waals surface area contributed by atoms with Gasteiger partial charge in [-0.15, -0.1) is 0 Å². The number of rotatable bonds is 6. The molecule has 0 aliphatic rings. The van der Waals surface area contributed by atoms with Crippen molar-refractivity contribution in [1.82, 2.24) is 10.4 Å². The van der Waals surface area contributed by atoms with Gasteiger partial charge in [0, 0.05) is 6.04 Å². The van der Waals surface area contributed by atoms with E-state index in [0.29, 0.717) is 8.73 Å². The van der Waals surface area contributed by atoms with Crippen LogP contribution >= 0.6 is 8.73 Å². The smallest absolute Gasteiger partial charge is 0.0603 e. The number of likely N-dealkylation sites (N-methyl/N-ethyl adjacent to an activating group) is 1. The van der Waals surface area contributed by atoms with Crippen molar-refractivity contribution in [2.24, 2.45) is 0 Å². The summed E-state index contributed by atoms with van der Waals surface area (Å²) in [5.41, 5.74) is 0. The van der Waals surface area contributed by atoms with Gasteiger partial charge >= 0.3 is 0 Å². The van der Waals surface area contributed by atoms with Crippen LogP contribution in [0.5, 0.6) is 0 Å². The lowest BCUT2D eigenvalue weighted by molar-refractivity contribution is 0.177. The molecule has 0 saturated carbocycles. The van der Waals surface area contributed by atoms with Crippen molar-refractivity contribution >= 4 is 8.73 Å². The first-order valence-electron chi connectivity index (χ1n) is 3.61. The lowest BCUT2D eigenvalue weighted by atomic mass is 10.1. The summed E-state index contributed by atoms with van der Waals surface area (Å²) in [5.74, 6) is 0. The zero-order valence-corrected chi connectivity index (χ0v) is 7.96. The lowest BCUT2D eigenvalue weighted by Gasteiger charge is -2.23. The molecule has 3 atom stereocenters. The van der Waals surface area contributed by atoms with Crippen molar-refractivity contribution in [2.45, 2.75) is 12.1 Å². The molecule has 4 nitrogen and oxygen atoms in total. The van der Waals surface area contributed by atoms with Crippen LogP contribution in [0.15, 0.2) is 0 Å². The molecule has 0 saturated heterocycles. The standard InChI is InChI=1S/C6H17N2O2P/c1-7-5(3-9)6(4-10)8-11-2/h5-11H,3-4H2,1-2H3. The Bertz CT molecular complexity index is 90.7. The first-order chi connectivity index (χ1) is 5.29. The fourth-order valence-corrected chi connectivity index (χ4v) is 1.54. The van der Waals surface area contributed by atoms with E-state index in [1.165, 1.54) is 0 Å². The zero-order valence-electron chi connectivity index (χ0n) is 6.96. The van der Waals surface area contributed by atoms with Gasteiger partial charge in [0.1, 0.15) is 0 Å². The van der Waals surface area contributed by atoms with Gasteiger partial charge in [-0.2, -0.15) is 0 Å². The van der Waals surface area contributed by atoms with E-state index in [9.17, 15) is 0 Å². The Kier molecular flexibility index (Phi) is 7.12. The van der Waals surface area contributed by atoms with Crippen molar-refractivity contribution in [3.63, 3.8) is 0 Å². The van der Waals surface area contributed by atoms with Crippen molar-refractivity contribution in [3.05, 3.63) is 0 Å². The van der Waals surface area contributed by atoms with Crippen molar-refractivity contribution in [2.75, 3.05) is 26.9 Å². The van der Waals surface area contributed by atoms with Crippen LogP contribution in [0.25, 0.3) is 0 Å². The highest BCUT2D eigenvalue weighted by molar-refractivity contribution is 7.34. The molecule has 5 heteroatoms. The molecule has 0 aromatic carbocycles. The average molecular weight is 180 g/mol. The van der Waals surface area contributed by atoms with E-state index < -0.39 is 0 Å². The Morgan fingerprint density at radius 2 is 1.82 bits per heavy atom. The molecule has 0 spiro atoms. The molecule has 4 N–H and O–H groups in total. The summed E-state index contributed by atoms with van der Waals surface area (Å²) < 4.78 is 0. The third-order valence-electron chi connectivity index (χ3n) is 1.58. The fraction of sp³-hybridized carbons (Fsp3) is 1.00. The summed E-state index contributed by atoms with van der Waals surface area (Å²) in [6.07, 6.45) is 0. The van der Waals surface area contributed by atoms with E-state index >= 15 is 0 Å². The van der Waals surface area contributed by atoms with E-state index in [1.807, 2.05) is 6.66 Å². The van der Waals surface area contributed by atoms with Crippen molar-refractivity contribution in [1.29, 1.82) is 0 Å². The maximum absolute atomic E-state index is 8.88. The molecule has 0 aromatic rings. The Hall–Kier alpha value is 0.270. The fourth-order valence-electron chi connectivity index (χ4n) is 0.879. The SMILES string of the molecule is CNC(CO)C(CO)NPC. The van der Waals surface area contributed by atoms with Gasteiger partial charge in [0.25, 0.3) is 0 Å². The van der Waals surface area contributed by atoms with Gasteiger partial charge in [-0.05, 0) is 13.7 Å². The largest absolute Gasteiger partial charge is 0.395 e. The minimum atomic E-state index is -0.0625. The third-order valence-corrected chi connectivity index (χ3v) is 2.24. The van der Waals surface area contributed by atoms with Gasteiger partial charge in [0.05, 0.1) is 19.3 Å². The van der Waals surface area contributed by atoms with E-state index in [1.54, 1.807) is 7.05 Å². The van der Waals surface area contributed by atoms with E-state index in [0.717, 1.165) is 0 Å². The second-order valence-corrected chi connectivity index (χ2v) is 3.05. The van der Waals surface area contributed by atoms with E-state index in [-0.39, 0.29) is 25.3 Å². The van der Waals surface area contributed by atoms with Gasteiger partial charge < -0.3 is 15.5 Å². The predicted molar refractivity (Wildman–Crippen MR) is 48.2 cm³/mol. The number of aliphatic hydroxyl groups is 2. The zero-order chi connectivity index (χ0) is 8.69. The second-order valence-electron chi connectivity index (χ2n) is 2.26. The van der Waals surface area contributed by atoms with Crippen molar-refractivity contribution in [3.8, 4) is 0 Å². The molecule has 0 amide bonds. The van der Waals surface area contributed by atoms with E-state index in [2.05, 4.69) is 10.4 Å². The van der Waals surface area contributed by atoms with Crippen LogP contribution in [0.4, 0.5) is 0 Å². The van der Waals surface area contributed by atoms with Crippen LogP contribution in [0, 0.1) is 0 Å². The highest BCUT2D eigenvalue weighted by Gasteiger charge is 2.16. The number of hydrogen-bond donors (Lipinski definition) is 4. The molecule has 0 aromatic heterocycles. The highest BCUT2D eigenvalue weighted by Crippen LogP contribution is 2.00. The maximum Gasteiger partial charge on any atom is 0.0603 e. The molecule has 0 aliphatic carbocycles. The van der Waals surface area contributed by atoms with Crippen LogP contribution in [-0.4, -0.2) is 49.2 Å². The first-order valence-corrected chi connectivity index (χ1v) is 5.11. The molecule has 0 rings (SSSR count). The Morgan fingerprint density at radius 1 is 1.27 bits per heavy atom. The van der Waals surface area contributed by atoms with E-state index in [4.69, 9.17) is 10.2 Å². The summed E-state index contributed by atoms with van der Waals surface area (Å²) >= 11 is 0. The molecule has 68 valence electrons. The normalized spacial score (nSPS) is 17.5. The van der Waals surface area contributed by atoms with Crippen LogP contribution in [-0.2, 0) is 0 Å². The second kappa shape index (κ2) is 6.95. The summed E-state index contributed by atoms with van der Waals surface area (Å²) in [6.45, 7) is 2.08. The van der Waals surface area contributed by atoms with Gasteiger partial charge in [0.15, 0.2) is 0 Å². The summed E-state index contributed by atoms with van der Waals surface area (Å²) in [4.78, 5) is 0. The minimum Gasteiger partial charge on any atom is -0.395 e. The summed E-state index contributed by atoms with van der Waals surface area (Å²) in [7, 11) is 2.35. The molecule has 11 heavy (non-hydrogen) atoms. The third kappa shape index (κ3) is 3.99. The molecule has 0 heterocycles. The highest BCUT2D eigenvalue weighted by atomic mass is 31.1. The van der Waals surface area contributed by atoms with Crippen molar-refractivity contribution < 1.29 is 10.2 Å². The van der Waals surface area contributed by atoms with Crippen LogP contribution in [0.2, 0.25) is 0 Å². The average Bonchev–Trinajstić information content (AvgIpc) is 2.05.